The van der Waals surface area contributed by atoms with Crippen molar-refractivity contribution in [3.8, 4) is 0 Å². The van der Waals surface area contributed by atoms with Crippen molar-refractivity contribution in [2.75, 3.05) is 13.2 Å². The number of carbonyl (C=O) groups is 2. The normalized spacial score (nSPS) is 11.5. The zero-order valence-electron chi connectivity index (χ0n) is 19.6. The molecule has 5 heteroatoms. The van der Waals surface area contributed by atoms with Gasteiger partial charge in [-0.1, -0.05) is 106 Å². The standard InChI is InChI=1S/C25H42O4Si/c1-5-28-24(26)23(25(27)29-6-2)20-16-11-9-7-8-10-12-17-21-30(3,4)22-18-14-13-15-19-22/h13-15,18-19,23H,5-12,16-17,20-21H2,1-4H3. The topological polar surface area (TPSA) is 52.6 Å². The summed E-state index contributed by atoms with van der Waals surface area (Å²) in [6.45, 7) is 9.04. The van der Waals surface area contributed by atoms with E-state index in [0.29, 0.717) is 19.6 Å². The lowest BCUT2D eigenvalue weighted by atomic mass is 10.00. The van der Waals surface area contributed by atoms with Gasteiger partial charge >= 0.3 is 11.9 Å². The third-order valence-corrected chi connectivity index (χ3v) is 9.24. The first kappa shape index (κ1) is 26.4. The molecule has 0 aliphatic heterocycles. The van der Waals surface area contributed by atoms with Crippen LogP contribution in [0.3, 0.4) is 0 Å². The molecule has 0 heterocycles. The van der Waals surface area contributed by atoms with Gasteiger partial charge in [-0.25, -0.2) is 0 Å². The second kappa shape index (κ2) is 15.2. The Bertz CT molecular complexity index is 582. The summed E-state index contributed by atoms with van der Waals surface area (Å²) in [6.07, 6.45) is 10.0. The molecule has 1 aromatic carbocycles. The van der Waals surface area contributed by atoms with E-state index in [-0.39, 0.29) is 0 Å². The van der Waals surface area contributed by atoms with E-state index < -0.39 is 25.9 Å². The maximum Gasteiger partial charge on any atom is 0.320 e. The molecular weight excluding hydrogens is 392 g/mol. The van der Waals surface area contributed by atoms with Crippen LogP contribution < -0.4 is 5.19 Å². The molecule has 0 aromatic heterocycles. The summed E-state index contributed by atoms with van der Waals surface area (Å²) in [5.74, 6) is -1.65. The first-order valence-corrected chi connectivity index (χ1v) is 15.0. The van der Waals surface area contributed by atoms with Crippen LogP contribution in [0, 0.1) is 5.92 Å². The quantitative estimate of drug-likeness (QED) is 0.142. The van der Waals surface area contributed by atoms with Gasteiger partial charge in [0.05, 0.1) is 21.3 Å². The Balaban J connectivity index is 2.12. The van der Waals surface area contributed by atoms with Crippen molar-refractivity contribution in [1.82, 2.24) is 0 Å². The van der Waals surface area contributed by atoms with Gasteiger partial charge < -0.3 is 9.47 Å². The van der Waals surface area contributed by atoms with Crippen molar-refractivity contribution in [2.24, 2.45) is 5.92 Å². The number of benzene rings is 1. The molecule has 0 bridgehead atoms. The van der Waals surface area contributed by atoms with E-state index in [0.717, 1.165) is 19.3 Å². The Hall–Kier alpha value is -1.62. The predicted octanol–water partition coefficient (Wildman–Crippen LogP) is 5.86. The maximum atomic E-state index is 12.0. The number of carbonyl (C=O) groups excluding carboxylic acids is 2. The van der Waals surface area contributed by atoms with Gasteiger partial charge in [0.1, 0.15) is 0 Å². The van der Waals surface area contributed by atoms with Crippen LogP contribution in [0.4, 0.5) is 0 Å². The molecule has 0 saturated heterocycles. The zero-order valence-corrected chi connectivity index (χ0v) is 20.6. The molecule has 0 aliphatic rings. The largest absolute Gasteiger partial charge is 0.465 e. The molecule has 170 valence electrons. The summed E-state index contributed by atoms with van der Waals surface area (Å²) in [5, 5.41) is 1.56. The molecule has 0 atom stereocenters. The van der Waals surface area contributed by atoms with Gasteiger partial charge in [-0.15, -0.1) is 0 Å². The minimum Gasteiger partial charge on any atom is -0.465 e. The molecule has 0 amide bonds. The average molecular weight is 435 g/mol. The highest BCUT2D eigenvalue weighted by atomic mass is 28.3. The van der Waals surface area contributed by atoms with Crippen LogP contribution in [0.25, 0.3) is 0 Å². The summed E-state index contributed by atoms with van der Waals surface area (Å²) in [6, 6.07) is 12.4. The summed E-state index contributed by atoms with van der Waals surface area (Å²) in [4.78, 5) is 23.9. The van der Waals surface area contributed by atoms with Gasteiger partial charge in [0, 0.05) is 0 Å². The lowest BCUT2D eigenvalue weighted by Crippen LogP contribution is -2.40. The fourth-order valence-corrected chi connectivity index (χ4v) is 6.34. The molecule has 0 aliphatic carbocycles. The number of hydrogen-bond donors (Lipinski definition) is 0. The van der Waals surface area contributed by atoms with E-state index in [1.54, 1.807) is 19.0 Å². The second-order valence-corrected chi connectivity index (χ2v) is 13.5. The minimum absolute atomic E-state index is 0.291. The number of ether oxygens (including phenoxy) is 2. The highest BCUT2D eigenvalue weighted by Gasteiger charge is 2.28. The molecule has 0 fully saturated rings. The van der Waals surface area contributed by atoms with Gasteiger partial charge in [0.2, 0.25) is 0 Å². The van der Waals surface area contributed by atoms with E-state index >= 15 is 0 Å². The lowest BCUT2D eigenvalue weighted by Gasteiger charge is -2.22. The molecule has 0 N–H and O–H groups in total. The first-order chi connectivity index (χ1) is 14.4. The molecule has 0 spiro atoms. The van der Waals surface area contributed by atoms with Crippen molar-refractivity contribution in [1.29, 1.82) is 0 Å². The third-order valence-electron chi connectivity index (χ3n) is 5.74. The summed E-state index contributed by atoms with van der Waals surface area (Å²) >= 11 is 0. The van der Waals surface area contributed by atoms with Crippen molar-refractivity contribution >= 4 is 25.2 Å². The van der Waals surface area contributed by atoms with E-state index in [1.807, 2.05) is 0 Å². The lowest BCUT2D eigenvalue weighted by molar-refractivity contribution is -0.161. The summed E-state index contributed by atoms with van der Waals surface area (Å²) in [7, 11) is -1.28. The Kier molecular flexibility index (Phi) is 13.4. The van der Waals surface area contributed by atoms with Crippen LogP contribution in [0.5, 0.6) is 0 Å². The molecular formula is C25H42O4Si. The predicted molar refractivity (Wildman–Crippen MR) is 127 cm³/mol. The summed E-state index contributed by atoms with van der Waals surface area (Å²) < 4.78 is 10.0. The monoisotopic (exact) mass is 434 g/mol. The SMILES string of the molecule is CCOC(=O)C(CCCCCCCCCC[Si](C)(C)c1ccccc1)C(=O)OCC. The van der Waals surface area contributed by atoms with Crippen LogP contribution in [-0.2, 0) is 19.1 Å². The highest BCUT2D eigenvalue weighted by molar-refractivity contribution is 6.89. The third kappa shape index (κ3) is 10.4. The number of rotatable bonds is 16. The first-order valence-electron chi connectivity index (χ1n) is 11.8. The summed E-state index contributed by atoms with van der Waals surface area (Å²) in [5.41, 5.74) is 0. The second-order valence-electron chi connectivity index (χ2n) is 8.67. The van der Waals surface area contributed by atoms with Crippen molar-refractivity contribution in [3.63, 3.8) is 0 Å². The Morgan fingerprint density at radius 2 is 1.23 bits per heavy atom. The van der Waals surface area contributed by atoms with Crippen LogP contribution in [0.1, 0.15) is 71.6 Å². The molecule has 0 radical (unpaired) electrons. The van der Waals surface area contributed by atoms with Gasteiger partial charge in [-0.05, 0) is 20.3 Å². The number of hydrogen-bond acceptors (Lipinski definition) is 4. The van der Waals surface area contributed by atoms with Crippen LogP contribution in [-0.4, -0.2) is 33.2 Å². The van der Waals surface area contributed by atoms with Crippen LogP contribution >= 0.6 is 0 Å². The van der Waals surface area contributed by atoms with Gasteiger partial charge in [0.25, 0.3) is 0 Å². The van der Waals surface area contributed by atoms with Crippen LogP contribution in [0.15, 0.2) is 30.3 Å². The number of esters is 2. The zero-order chi connectivity index (χ0) is 22.2. The maximum absolute atomic E-state index is 12.0. The van der Waals surface area contributed by atoms with Crippen LogP contribution in [0.2, 0.25) is 19.1 Å². The molecule has 1 rings (SSSR count). The Labute approximate surface area is 184 Å². The molecule has 30 heavy (non-hydrogen) atoms. The van der Waals surface area contributed by atoms with Gasteiger partial charge in [-0.3, -0.25) is 9.59 Å². The molecule has 4 nitrogen and oxygen atoms in total. The van der Waals surface area contributed by atoms with Crippen molar-refractivity contribution < 1.29 is 19.1 Å². The Morgan fingerprint density at radius 1 is 0.767 bits per heavy atom. The molecule has 1 aromatic rings. The van der Waals surface area contributed by atoms with Crippen molar-refractivity contribution in [2.45, 2.75) is 90.8 Å². The van der Waals surface area contributed by atoms with E-state index in [1.165, 1.54) is 38.1 Å². The average Bonchev–Trinajstić information content (AvgIpc) is 2.73. The van der Waals surface area contributed by atoms with Gasteiger partial charge in [-0.2, -0.15) is 0 Å². The smallest absolute Gasteiger partial charge is 0.320 e. The number of unbranched alkanes of at least 4 members (excludes halogenated alkanes) is 7. The van der Waals surface area contributed by atoms with E-state index in [2.05, 4.69) is 43.4 Å². The van der Waals surface area contributed by atoms with E-state index in [9.17, 15) is 9.59 Å². The highest BCUT2D eigenvalue weighted by Crippen LogP contribution is 2.18. The Morgan fingerprint density at radius 3 is 1.73 bits per heavy atom. The molecule has 0 saturated carbocycles. The fraction of sp³-hybridized carbons (Fsp3) is 0.680. The fourth-order valence-electron chi connectivity index (χ4n) is 3.83. The van der Waals surface area contributed by atoms with Crippen molar-refractivity contribution in [3.05, 3.63) is 30.3 Å². The van der Waals surface area contributed by atoms with E-state index in [4.69, 9.17) is 9.47 Å². The van der Waals surface area contributed by atoms with Gasteiger partial charge in [0.15, 0.2) is 5.92 Å². The molecule has 0 unspecified atom stereocenters. The minimum atomic E-state index is -1.28.